The molecule has 3 amide bonds. The van der Waals surface area contributed by atoms with Gasteiger partial charge < -0.3 is 9.64 Å². The molecule has 0 N–H and O–H groups in total. The van der Waals surface area contributed by atoms with Gasteiger partial charge in [-0.1, -0.05) is 48.0 Å². The Bertz CT molecular complexity index is 1120. The Morgan fingerprint density at radius 2 is 1.62 bits per heavy atom. The smallest absolute Gasteiger partial charge is 0.257 e. The van der Waals surface area contributed by atoms with Crippen molar-refractivity contribution in [1.29, 1.82) is 0 Å². The molecular formula is C26H24N2O4. The minimum atomic E-state index is -0.876. The van der Waals surface area contributed by atoms with Crippen molar-refractivity contribution < 1.29 is 19.1 Å². The maximum absolute atomic E-state index is 13.5. The molecule has 0 aromatic heterocycles. The molecule has 0 saturated carbocycles. The zero-order valence-corrected chi connectivity index (χ0v) is 18.0. The summed E-state index contributed by atoms with van der Waals surface area (Å²) in [5, 5.41) is 0. The fraction of sp³-hybridized carbons (Fsp3) is 0.192. The maximum atomic E-state index is 13.5. The Kier molecular flexibility index (Phi) is 6.03. The molecule has 1 saturated heterocycles. The summed E-state index contributed by atoms with van der Waals surface area (Å²) in [5.41, 5.74) is 2.86. The molecular weight excluding hydrogens is 404 g/mol. The first-order chi connectivity index (χ1) is 15.5. The molecule has 6 heteroatoms. The highest BCUT2D eigenvalue weighted by Gasteiger charge is 2.44. The molecule has 162 valence electrons. The molecule has 0 spiro atoms. The van der Waals surface area contributed by atoms with Crippen LogP contribution in [0, 0.1) is 6.92 Å². The third-order valence-corrected chi connectivity index (χ3v) is 5.58. The van der Waals surface area contributed by atoms with E-state index in [1.54, 1.807) is 43.5 Å². The van der Waals surface area contributed by atoms with Crippen LogP contribution in [-0.2, 0) is 16.1 Å². The van der Waals surface area contributed by atoms with E-state index >= 15 is 0 Å². The highest BCUT2D eigenvalue weighted by Crippen LogP contribution is 2.28. The number of imide groups is 1. The van der Waals surface area contributed by atoms with Crippen molar-refractivity contribution in [3.63, 3.8) is 0 Å². The van der Waals surface area contributed by atoms with Gasteiger partial charge in [0.25, 0.3) is 11.8 Å². The number of amides is 3. The number of carbonyl (C=O) groups is 3. The summed E-state index contributed by atoms with van der Waals surface area (Å²) in [6.07, 6.45) is -0.0541. The lowest BCUT2D eigenvalue weighted by molar-refractivity contribution is -0.122. The lowest BCUT2D eigenvalue weighted by Crippen LogP contribution is -2.45. The summed E-state index contributed by atoms with van der Waals surface area (Å²) in [4.78, 5) is 42.3. The highest BCUT2D eigenvalue weighted by atomic mass is 16.5. The summed E-state index contributed by atoms with van der Waals surface area (Å²) < 4.78 is 5.18. The number of aryl methyl sites for hydroxylation is 1. The molecule has 4 rings (SSSR count). The van der Waals surface area contributed by atoms with Crippen LogP contribution in [0.25, 0.3) is 0 Å². The number of hydrogen-bond acceptors (Lipinski definition) is 4. The molecule has 0 radical (unpaired) electrons. The normalized spacial score (nSPS) is 15.7. The first kappa shape index (κ1) is 21.3. The van der Waals surface area contributed by atoms with Gasteiger partial charge in [0.2, 0.25) is 5.91 Å². The number of nitrogens with zero attached hydrogens (tertiary/aromatic N) is 2. The van der Waals surface area contributed by atoms with E-state index in [1.165, 1.54) is 9.80 Å². The predicted molar refractivity (Wildman–Crippen MR) is 121 cm³/mol. The third-order valence-electron chi connectivity index (χ3n) is 5.58. The Morgan fingerprint density at radius 3 is 2.25 bits per heavy atom. The molecule has 1 aliphatic rings. The molecule has 3 aromatic rings. The largest absolute Gasteiger partial charge is 0.497 e. The van der Waals surface area contributed by atoms with E-state index in [0.717, 1.165) is 11.1 Å². The first-order valence-electron chi connectivity index (χ1n) is 10.4. The summed E-state index contributed by atoms with van der Waals surface area (Å²) in [6, 6.07) is 22.5. The van der Waals surface area contributed by atoms with Crippen molar-refractivity contribution >= 4 is 23.4 Å². The average molecular weight is 428 g/mol. The second-order valence-electron chi connectivity index (χ2n) is 7.77. The van der Waals surface area contributed by atoms with Crippen LogP contribution in [-0.4, -0.2) is 35.8 Å². The zero-order chi connectivity index (χ0) is 22.7. The van der Waals surface area contributed by atoms with Gasteiger partial charge in [0.1, 0.15) is 11.8 Å². The lowest BCUT2D eigenvalue weighted by atomic mass is 10.1. The Hall–Kier alpha value is -3.93. The van der Waals surface area contributed by atoms with Crippen LogP contribution in [0.2, 0.25) is 0 Å². The topological polar surface area (TPSA) is 66.9 Å². The summed E-state index contributed by atoms with van der Waals surface area (Å²) in [5.74, 6) is -0.386. The fourth-order valence-electron chi connectivity index (χ4n) is 3.83. The van der Waals surface area contributed by atoms with Crippen LogP contribution in [0.5, 0.6) is 5.75 Å². The van der Waals surface area contributed by atoms with Gasteiger partial charge in [-0.25, -0.2) is 4.90 Å². The monoisotopic (exact) mass is 428 g/mol. The van der Waals surface area contributed by atoms with E-state index in [-0.39, 0.29) is 24.8 Å². The van der Waals surface area contributed by atoms with E-state index in [9.17, 15) is 14.4 Å². The van der Waals surface area contributed by atoms with Gasteiger partial charge in [-0.3, -0.25) is 14.4 Å². The van der Waals surface area contributed by atoms with Gasteiger partial charge >= 0.3 is 0 Å². The molecule has 0 bridgehead atoms. The second-order valence-corrected chi connectivity index (χ2v) is 7.77. The van der Waals surface area contributed by atoms with E-state index < -0.39 is 11.9 Å². The summed E-state index contributed by atoms with van der Waals surface area (Å²) in [6.45, 7) is 2.16. The van der Waals surface area contributed by atoms with Crippen LogP contribution in [0.1, 0.15) is 27.9 Å². The molecule has 1 fully saturated rings. The molecule has 32 heavy (non-hydrogen) atoms. The van der Waals surface area contributed by atoms with Gasteiger partial charge in [0.15, 0.2) is 0 Å². The van der Waals surface area contributed by atoms with Crippen LogP contribution in [0.4, 0.5) is 5.69 Å². The van der Waals surface area contributed by atoms with E-state index in [1.807, 2.05) is 49.4 Å². The van der Waals surface area contributed by atoms with E-state index in [4.69, 9.17) is 4.74 Å². The van der Waals surface area contributed by atoms with Crippen LogP contribution < -0.4 is 9.64 Å². The third kappa shape index (κ3) is 4.25. The van der Waals surface area contributed by atoms with Gasteiger partial charge in [-0.05, 0) is 48.9 Å². The molecule has 1 aliphatic heterocycles. The molecule has 1 unspecified atom stereocenters. The first-order valence-corrected chi connectivity index (χ1v) is 10.4. The van der Waals surface area contributed by atoms with Crippen LogP contribution >= 0.6 is 0 Å². The highest BCUT2D eigenvalue weighted by molar-refractivity contribution is 6.23. The number of anilines is 1. The number of methoxy groups -OCH3 is 1. The summed E-state index contributed by atoms with van der Waals surface area (Å²) >= 11 is 0. The molecule has 1 atom stereocenters. The van der Waals surface area contributed by atoms with E-state index in [0.29, 0.717) is 17.0 Å². The number of carbonyl (C=O) groups excluding carboxylic acids is 3. The standard InChI is InChI=1S/C26H24N2O4/c1-18-8-12-21(13-9-18)28-24(29)16-23(26(28)31)27(17-19-6-4-3-5-7-19)25(30)20-10-14-22(32-2)15-11-20/h3-15,23H,16-17H2,1-2H3. The number of ether oxygens (including phenoxy) is 1. The van der Waals surface area contributed by atoms with Crippen molar-refractivity contribution in [3.8, 4) is 5.75 Å². The average Bonchev–Trinajstić information content (AvgIpc) is 3.12. The van der Waals surface area contributed by atoms with Gasteiger partial charge in [-0.2, -0.15) is 0 Å². The minimum absolute atomic E-state index is 0.0541. The maximum Gasteiger partial charge on any atom is 0.257 e. The molecule has 3 aromatic carbocycles. The van der Waals surface area contributed by atoms with Gasteiger partial charge in [-0.15, -0.1) is 0 Å². The molecule has 1 heterocycles. The Balaban J connectivity index is 1.67. The fourth-order valence-corrected chi connectivity index (χ4v) is 3.83. The second kappa shape index (κ2) is 9.06. The predicted octanol–water partition coefficient (Wildman–Crippen LogP) is 3.98. The minimum Gasteiger partial charge on any atom is -0.497 e. The van der Waals surface area contributed by atoms with Crippen molar-refractivity contribution in [2.24, 2.45) is 0 Å². The van der Waals surface area contributed by atoms with Gasteiger partial charge in [0, 0.05) is 12.1 Å². The zero-order valence-electron chi connectivity index (χ0n) is 18.0. The quantitative estimate of drug-likeness (QED) is 0.557. The Labute approximate surface area is 187 Å². The van der Waals surface area contributed by atoms with Crippen molar-refractivity contribution in [2.75, 3.05) is 12.0 Å². The SMILES string of the molecule is COc1ccc(C(=O)N(Cc2ccccc2)C2CC(=O)N(c3ccc(C)cc3)C2=O)cc1. The number of benzene rings is 3. The Morgan fingerprint density at radius 1 is 0.969 bits per heavy atom. The summed E-state index contributed by atoms with van der Waals surface area (Å²) in [7, 11) is 1.56. The van der Waals surface area contributed by atoms with E-state index in [2.05, 4.69) is 0 Å². The number of rotatable bonds is 6. The van der Waals surface area contributed by atoms with Crippen LogP contribution in [0.3, 0.4) is 0 Å². The lowest BCUT2D eigenvalue weighted by Gasteiger charge is -2.28. The van der Waals surface area contributed by atoms with Crippen LogP contribution in [0.15, 0.2) is 78.9 Å². The van der Waals surface area contributed by atoms with Crippen molar-refractivity contribution in [2.45, 2.75) is 25.9 Å². The molecule has 0 aliphatic carbocycles. The van der Waals surface area contributed by atoms with Gasteiger partial charge in [0.05, 0.1) is 19.2 Å². The number of hydrogen-bond donors (Lipinski definition) is 0. The molecule has 6 nitrogen and oxygen atoms in total. The van der Waals surface area contributed by atoms with Crippen molar-refractivity contribution in [3.05, 3.63) is 95.6 Å². The van der Waals surface area contributed by atoms with Crippen molar-refractivity contribution in [1.82, 2.24) is 4.90 Å².